The molecule has 0 N–H and O–H groups in total. The summed E-state index contributed by atoms with van der Waals surface area (Å²) in [5.41, 5.74) is 5.91. The molecule has 132 valence electrons. The molecule has 0 saturated heterocycles. The van der Waals surface area contributed by atoms with Crippen LogP contribution in [-0.2, 0) is 0 Å². The summed E-state index contributed by atoms with van der Waals surface area (Å²) in [4.78, 5) is 14.1. The molecule has 0 unspecified atom stereocenters. The normalized spacial score (nSPS) is 11.6. The van der Waals surface area contributed by atoms with E-state index in [-0.39, 0.29) is 0 Å². The van der Waals surface area contributed by atoms with Crippen LogP contribution in [0.4, 0.5) is 0 Å². The van der Waals surface area contributed by atoms with Gasteiger partial charge in [0.15, 0.2) is 5.65 Å². The molecule has 5 heterocycles. The van der Waals surface area contributed by atoms with Crippen LogP contribution in [0.25, 0.3) is 44.8 Å². The molecular weight excluding hydrogens is 346 g/mol. The van der Waals surface area contributed by atoms with Crippen LogP contribution in [-0.4, -0.2) is 23.9 Å². The fourth-order valence-electron chi connectivity index (χ4n) is 3.81. The van der Waals surface area contributed by atoms with Crippen molar-refractivity contribution in [3.05, 3.63) is 91.4 Å². The maximum atomic E-state index is 4.95. The van der Waals surface area contributed by atoms with E-state index in [0.29, 0.717) is 0 Å². The Morgan fingerprint density at radius 2 is 1.68 bits per heavy atom. The SMILES string of the molecule is c1cncc(-c2cccc(-n3c4ccccc4c4nc5ccccn5c43)n2)c1. The highest BCUT2D eigenvalue weighted by molar-refractivity contribution is 6.07. The third-order valence-corrected chi connectivity index (χ3v) is 5.04. The number of hydrogen-bond acceptors (Lipinski definition) is 3. The van der Waals surface area contributed by atoms with Gasteiger partial charge in [-0.1, -0.05) is 30.3 Å². The highest BCUT2D eigenvalue weighted by Gasteiger charge is 2.18. The molecule has 0 amide bonds. The predicted octanol–water partition coefficient (Wildman–Crippen LogP) is 4.89. The lowest BCUT2D eigenvalue weighted by atomic mass is 10.2. The highest BCUT2D eigenvalue weighted by Crippen LogP contribution is 2.32. The molecule has 1 aromatic carbocycles. The largest absolute Gasteiger partial charge is 0.285 e. The van der Waals surface area contributed by atoms with Gasteiger partial charge >= 0.3 is 0 Å². The molecule has 0 saturated carbocycles. The zero-order valence-electron chi connectivity index (χ0n) is 14.9. The molecule has 5 nitrogen and oxygen atoms in total. The third kappa shape index (κ3) is 2.10. The molecule has 0 bridgehead atoms. The zero-order valence-corrected chi connectivity index (χ0v) is 14.9. The molecule has 0 aliphatic carbocycles. The number of imidazole rings is 1. The molecule has 6 rings (SSSR count). The summed E-state index contributed by atoms with van der Waals surface area (Å²) in [5, 5.41) is 1.12. The van der Waals surface area contributed by atoms with Crippen molar-refractivity contribution in [2.45, 2.75) is 0 Å². The number of rotatable bonds is 2. The molecule has 0 atom stereocenters. The smallest absolute Gasteiger partial charge is 0.151 e. The van der Waals surface area contributed by atoms with E-state index in [0.717, 1.165) is 44.8 Å². The standard InChI is InChI=1S/C23H15N5/c1-2-10-19-17(8-1)22-23(27-14-4-3-11-20(27)26-22)28(19)21-12-5-9-18(25-21)16-7-6-13-24-15-16/h1-15H. The van der Waals surface area contributed by atoms with Crippen molar-refractivity contribution < 1.29 is 0 Å². The van der Waals surface area contributed by atoms with Crippen LogP contribution in [0.15, 0.2) is 91.4 Å². The van der Waals surface area contributed by atoms with Gasteiger partial charge in [-0.25, -0.2) is 9.97 Å². The van der Waals surface area contributed by atoms with Gasteiger partial charge in [-0.2, -0.15) is 0 Å². The Balaban J connectivity index is 1.72. The number of aromatic nitrogens is 5. The van der Waals surface area contributed by atoms with Gasteiger partial charge in [0.05, 0.1) is 11.2 Å². The van der Waals surface area contributed by atoms with Crippen LogP contribution in [0.5, 0.6) is 0 Å². The van der Waals surface area contributed by atoms with Crippen LogP contribution in [0.2, 0.25) is 0 Å². The van der Waals surface area contributed by atoms with E-state index in [1.807, 2.05) is 60.9 Å². The highest BCUT2D eigenvalue weighted by atomic mass is 15.2. The van der Waals surface area contributed by atoms with Crippen LogP contribution >= 0.6 is 0 Å². The lowest BCUT2D eigenvalue weighted by Crippen LogP contribution is -2.00. The van der Waals surface area contributed by atoms with E-state index >= 15 is 0 Å². The Kier molecular flexibility index (Phi) is 3.10. The van der Waals surface area contributed by atoms with E-state index in [1.165, 1.54) is 0 Å². The van der Waals surface area contributed by atoms with Crippen molar-refractivity contribution in [3.63, 3.8) is 0 Å². The van der Waals surface area contributed by atoms with Gasteiger partial charge < -0.3 is 0 Å². The van der Waals surface area contributed by atoms with Crippen LogP contribution in [0.3, 0.4) is 0 Å². The Labute approximate surface area is 160 Å². The van der Waals surface area contributed by atoms with Crippen LogP contribution < -0.4 is 0 Å². The average Bonchev–Trinajstić information content (AvgIpc) is 3.29. The van der Waals surface area contributed by atoms with E-state index < -0.39 is 0 Å². The molecule has 6 aromatic rings. The Hall–Kier alpha value is -3.99. The monoisotopic (exact) mass is 361 g/mol. The summed E-state index contributed by atoms with van der Waals surface area (Å²) in [5.74, 6) is 0.859. The molecule has 0 spiro atoms. The van der Waals surface area contributed by atoms with Gasteiger partial charge in [-0.3, -0.25) is 14.0 Å². The summed E-state index contributed by atoms with van der Waals surface area (Å²) >= 11 is 0. The average molecular weight is 361 g/mol. The van der Waals surface area contributed by atoms with Crippen molar-refractivity contribution >= 4 is 27.7 Å². The predicted molar refractivity (Wildman–Crippen MR) is 111 cm³/mol. The number of para-hydroxylation sites is 1. The van der Waals surface area contributed by atoms with Gasteiger partial charge in [0.2, 0.25) is 0 Å². The van der Waals surface area contributed by atoms with Gasteiger partial charge in [0.1, 0.15) is 17.0 Å². The van der Waals surface area contributed by atoms with Crippen molar-refractivity contribution in [1.82, 2.24) is 23.9 Å². The van der Waals surface area contributed by atoms with Crippen LogP contribution in [0.1, 0.15) is 0 Å². The first-order valence-corrected chi connectivity index (χ1v) is 9.14. The molecule has 0 radical (unpaired) electrons. The number of benzene rings is 1. The van der Waals surface area contributed by atoms with Crippen molar-refractivity contribution in [1.29, 1.82) is 0 Å². The molecule has 5 aromatic heterocycles. The van der Waals surface area contributed by atoms with E-state index in [2.05, 4.69) is 38.2 Å². The summed E-state index contributed by atoms with van der Waals surface area (Å²) < 4.78 is 4.30. The molecule has 28 heavy (non-hydrogen) atoms. The second-order valence-corrected chi connectivity index (χ2v) is 6.69. The molecule has 0 aliphatic heterocycles. The fourth-order valence-corrected chi connectivity index (χ4v) is 3.81. The maximum absolute atomic E-state index is 4.95. The molecule has 0 aliphatic rings. The summed E-state index contributed by atoms with van der Waals surface area (Å²) in [6.45, 7) is 0. The zero-order chi connectivity index (χ0) is 18.5. The van der Waals surface area contributed by atoms with Crippen molar-refractivity contribution in [3.8, 4) is 17.1 Å². The first kappa shape index (κ1) is 15.1. The number of fused-ring (bicyclic) bond motifs is 5. The number of hydrogen-bond donors (Lipinski definition) is 0. The van der Waals surface area contributed by atoms with E-state index in [4.69, 9.17) is 9.97 Å². The van der Waals surface area contributed by atoms with E-state index in [9.17, 15) is 0 Å². The Bertz CT molecular complexity index is 1450. The van der Waals surface area contributed by atoms with Crippen molar-refractivity contribution in [2.24, 2.45) is 0 Å². The summed E-state index contributed by atoms with van der Waals surface area (Å²) in [6.07, 6.45) is 5.66. The first-order valence-electron chi connectivity index (χ1n) is 9.14. The van der Waals surface area contributed by atoms with Crippen LogP contribution in [0, 0.1) is 0 Å². The number of nitrogens with zero attached hydrogens (tertiary/aromatic N) is 5. The third-order valence-electron chi connectivity index (χ3n) is 5.04. The Morgan fingerprint density at radius 3 is 2.61 bits per heavy atom. The van der Waals surface area contributed by atoms with E-state index in [1.54, 1.807) is 6.20 Å². The number of pyridine rings is 3. The minimum absolute atomic E-state index is 0.859. The van der Waals surface area contributed by atoms with Gasteiger partial charge in [0.25, 0.3) is 0 Å². The lowest BCUT2D eigenvalue weighted by molar-refractivity contribution is 1.04. The quantitative estimate of drug-likeness (QED) is 0.441. The second-order valence-electron chi connectivity index (χ2n) is 6.69. The van der Waals surface area contributed by atoms with Gasteiger partial charge in [-0.15, -0.1) is 0 Å². The topological polar surface area (TPSA) is 48.0 Å². The molecule has 5 heteroatoms. The lowest BCUT2D eigenvalue weighted by Gasteiger charge is -2.09. The maximum Gasteiger partial charge on any atom is 0.151 e. The molecule has 0 fully saturated rings. The first-order chi connectivity index (χ1) is 13.9. The summed E-state index contributed by atoms with van der Waals surface area (Å²) in [7, 11) is 0. The molecular formula is C23H15N5. The van der Waals surface area contributed by atoms with Gasteiger partial charge in [0, 0.05) is 29.5 Å². The second kappa shape index (κ2) is 5.76. The van der Waals surface area contributed by atoms with Crippen molar-refractivity contribution in [2.75, 3.05) is 0 Å². The minimum atomic E-state index is 0.859. The minimum Gasteiger partial charge on any atom is -0.285 e. The fraction of sp³-hybridized carbons (Fsp3) is 0. The summed E-state index contributed by atoms with van der Waals surface area (Å²) in [6, 6.07) is 24.4. The Morgan fingerprint density at radius 1 is 0.750 bits per heavy atom. The van der Waals surface area contributed by atoms with Gasteiger partial charge in [-0.05, 0) is 42.5 Å².